The van der Waals surface area contributed by atoms with Crippen molar-refractivity contribution in [3.05, 3.63) is 52.2 Å². The molecule has 9 heteroatoms. The number of aryl methyl sites for hydroxylation is 1. The molecule has 0 saturated heterocycles. The van der Waals surface area contributed by atoms with Gasteiger partial charge in [-0.15, -0.1) is 0 Å². The lowest BCUT2D eigenvalue weighted by Gasteiger charge is -2.10. The zero-order valence-corrected chi connectivity index (χ0v) is 11.7. The van der Waals surface area contributed by atoms with E-state index in [2.05, 4.69) is 9.71 Å². The van der Waals surface area contributed by atoms with E-state index >= 15 is 0 Å². The Labute approximate surface area is 120 Å². The Hall–Kier alpha value is -2.68. The molecule has 0 atom stereocenters. The minimum Gasteiger partial charge on any atom is -0.504 e. The van der Waals surface area contributed by atoms with Crippen LogP contribution in [0.3, 0.4) is 0 Å². The molecule has 0 aliphatic heterocycles. The summed E-state index contributed by atoms with van der Waals surface area (Å²) in [5, 5.41) is 20.3. The quantitative estimate of drug-likeness (QED) is 0.656. The van der Waals surface area contributed by atoms with Gasteiger partial charge >= 0.3 is 0 Å². The van der Waals surface area contributed by atoms with Gasteiger partial charge in [-0.05, 0) is 24.6 Å². The number of sulfonamides is 1. The fourth-order valence-corrected chi connectivity index (χ4v) is 2.94. The van der Waals surface area contributed by atoms with Gasteiger partial charge in [0.2, 0.25) is 0 Å². The first-order valence-corrected chi connectivity index (χ1v) is 7.21. The summed E-state index contributed by atoms with van der Waals surface area (Å²) < 4.78 is 26.6. The fourth-order valence-electron chi connectivity index (χ4n) is 1.65. The van der Waals surface area contributed by atoms with Crippen LogP contribution in [0.15, 0.2) is 41.4 Å². The first-order valence-electron chi connectivity index (χ1n) is 5.73. The van der Waals surface area contributed by atoms with Crippen molar-refractivity contribution in [3.8, 4) is 5.75 Å². The molecule has 21 heavy (non-hydrogen) atoms. The molecule has 0 amide bonds. The highest BCUT2D eigenvalue weighted by molar-refractivity contribution is 7.92. The van der Waals surface area contributed by atoms with Gasteiger partial charge in [-0.2, -0.15) is 0 Å². The molecule has 0 unspecified atom stereocenters. The number of nitrogens with zero attached hydrogens (tertiary/aromatic N) is 2. The van der Waals surface area contributed by atoms with E-state index in [1.54, 1.807) is 0 Å². The summed E-state index contributed by atoms with van der Waals surface area (Å²) in [6.45, 7) is 1.51. The van der Waals surface area contributed by atoms with Crippen molar-refractivity contribution in [3.63, 3.8) is 0 Å². The van der Waals surface area contributed by atoms with Crippen LogP contribution in [0.4, 0.5) is 11.5 Å². The van der Waals surface area contributed by atoms with Crippen LogP contribution in [0.5, 0.6) is 5.75 Å². The SMILES string of the molecule is Cc1ccc([N+](=O)[O-])cc1S(=O)(=O)Nc1ncccc1O. The van der Waals surface area contributed by atoms with Crippen LogP contribution in [0.2, 0.25) is 0 Å². The van der Waals surface area contributed by atoms with Crippen molar-refractivity contribution in [2.45, 2.75) is 11.8 Å². The number of aromatic nitrogens is 1. The summed E-state index contributed by atoms with van der Waals surface area (Å²) in [7, 11) is -4.10. The maximum absolute atomic E-state index is 12.3. The number of nitro groups is 1. The molecule has 2 rings (SSSR count). The molecule has 0 aliphatic rings. The number of anilines is 1. The number of non-ortho nitro benzene ring substituents is 1. The molecule has 2 N–H and O–H groups in total. The number of hydrogen-bond donors (Lipinski definition) is 2. The highest BCUT2D eigenvalue weighted by Crippen LogP contribution is 2.26. The number of nitro benzene ring substituents is 1. The number of benzene rings is 1. The number of nitrogens with one attached hydrogen (secondary N) is 1. The predicted octanol–water partition coefficient (Wildman–Crippen LogP) is 1.80. The number of aromatic hydroxyl groups is 1. The molecule has 8 nitrogen and oxygen atoms in total. The van der Waals surface area contributed by atoms with Crippen LogP contribution in [0.1, 0.15) is 5.56 Å². The van der Waals surface area contributed by atoms with E-state index in [1.807, 2.05) is 0 Å². The summed E-state index contributed by atoms with van der Waals surface area (Å²) in [5.74, 6) is -0.590. The lowest BCUT2D eigenvalue weighted by Crippen LogP contribution is -2.15. The molecular formula is C12H11N3O5S. The number of pyridine rings is 1. The lowest BCUT2D eigenvalue weighted by molar-refractivity contribution is -0.385. The second kappa shape index (κ2) is 5.37. The van der Waals surface area contributed by atoms with Gasteiger partial charge in [0.25, 0.3) is 15.7 Å². The third-order valence-electron chi connectivity index (χ3n) is 2.69. The van der Waals surface area contributed by atoms with Crippen molar-refractivity contribution in [1.82, 2.24) is 4.98 Å². The van der Waals surface area contributed by atoms with Crippen molar-refractivity contribution >= 4 is 21.5 Å². The van der Waals surface area contributed by atoms with Gasteiger partial charge in [-0.3, -0.25) is 14.8 Å². The molecular weight excluding hydrogens is 298 g/mol. The first kappa shape index (κ1) is 14.7. The molecule has 110 valence electrons. The Morgan fingerprint density at radius 1 is 1.33 bits per heavy atom. The molecule has 1 aromatic carbocycles. The molecule has 0 bridgehead atoms. The second-order valence-corrected chi connectivity index (χ2v) is 5.83. The minimum absolute atomic E-state index is 0.247. The zero-order chi connectivity index (χ0) is 15.6. The largest absolute Gasteiger partial charge is 0.504 e. The van der Waals surface area contributed by atoms with E-state index in [9.17, 15) is 23.6 Å². The van der Waals surface area contributed by atoms with Crippen molar-refractivity contribution in [2.24, 2.45) is 0 Å². The van der Waals surface area contributed by atoms with Gasteiger partial charge in [0.05, 0.1) is 9.82 Å². The Bertz CT molecular complexity index is 804. The summed E-state index contributed by atoms with van der Waals surface area (Å²) in [6.07, 6.45) is 1.30. The Morgan fingerprint density at radius 3 is 2.67 bits per heavy atom. The van der Waals surface area contributed by atoms with E-state index in [0.29, 0.717) is 5.56 Å². The Kier molecular flexibility index (Phi) is 3.76. The fraction of sp³-hybridized carbons (Fsp3) is 0.0833. The Balaban J connectivity index is 2.47. The van der Waals surface area contributed by atoms with Crippen LogP contribution in [-0.4, -0.2) is 23.4 Å². The van der Waals surface area contributed by atoms with Crippen molar-refractivity contribution in [2.75, 3.05) is 4.72 Å². The van der Waals surface area contributed by atoms with Gasteiger partial charge in [0.1, 0.15) is 0 Å². The maximum Gasteiger partial charge on any atom is 0.270 e. The average molecular weight is 309 g/mol. The Morgan fingerprint density at radius 2 is 2.05 bits per heavy atom. The normalized spacial score (nSPS) is 11.1. The standard InChI is InChI=1S/C12H11N3O5S/c1-8-4-5-9(15(17)18)7-11(8)21(19,20)14-12-10(16)3-2-6-13-12/h2-7,16H,1H3,(H,13,14). The molecule has 1 aromatic heterocycles. The van der Waals surface area contributed by atoms with E-state index in [4.69, 9.17) is 0 Å². The zero-order valence-electron chi connectivity index (χ0n) is 10.8. The van der Waals surface area contributed by atoms with E-state index in [0.717, 1.165) is 6.07 Å². The lowest BCUT2D eigenvalue weighted by atomic mass is 10.2. The molecule has 0 spiro atoms. The monoisotopic (exact) mass is 309 g/mol. The van der Waals surface area contributed by atoms with E-state index < -0.39 is 14.9 Å². The van der Waals surface area contributed by atoms with E-state index in [-0.39, 0.29) is 22.2 Å². The van der Waals surface area contributed by atoms with E-state index in [1.165, 1.54) is 37.4 Å². The predicted molar refractivity (Wildman–Crippen MR) is 74.5 cm³/mol. The van der Waals surface area contributed by atoms with Gasteiger partial charge in [0, 0.05) is 18.3 Å². The average Bonchev–Trinajstić information content (AvgIpc) is 2.41. The van der Waals surface area contributed by atoms with Crippen LogP contribution in [-0.2, 0) is 10.0 Å². The van der Waals surface area contributed by atoms with Gasteiger partial charge in [0.15, 0.2) is 11.6 Å². The summed E-state index contributed by atoms with van der Waals surface area (Å²) in [4.78, 5) is 13.5. The smallest absolute Gasteiger partial charge is 0.270 e. The molecule has 0 saturated carbocycles. The molecule has 0 radical (unpaired) electrons. The van der Waals surface area contributed by atoms with Crippen molar-refractivity contribution in [1.29, 1.82) is 0 Å². The van der Waals surface area contributed by atoms with Gasteiger partial charge in [-0.1, -0.05) is 6.07 Å². The second-order valence-electron chi connectivity index (χ2n) is 4.18. The number of rotatable bonds is 4. The third-order valence-corrected chi connectivity index (χ3v) is 4.17. The molecule has 0 aliphatic carbocycles. The molecule has 1 heterocycles. The molecule has 2 aromatic rings. The summed E-state index contributed by atoms with van der Waals surface area (Å²) in [5.41, 5.74) is -0.00487. The number of hydrogen-bond acceptors (Lipinski definition) is 6. The summed E-state index contributed by atoms with van der Waals surface area (Å²) in [6, 6.07) is 6.21. The van der Waals surface area contributed by atoms with Crippen molar-refractivity contribution < 1.29 is 18.4 Å². The molecule has 0 fully saturated rings. The van der Waals surface area contributed by atoms with Crippen LogP contribution in [0.25, 0.3) is 0 Å². The summed E-state index contributed by atoms with van der Waals surface area (Å²) >= 11 is 0. The first-order chi connectivity index (χ1) is 9.81. The van der Waals surface area contributed by atoms with Crippen LogP contribution < -0.4 is 4.72 Å². The van der Waals surface area contributed by atoms with Crippen LogP contribution >= 0.6 is 0 Å². The highest BCUT2D eigenvalue weighted by Gasteiger charge is 2.22. The van der Waals surface area contributed by atoms with Gasteiger partial charge < -0.3 is 5.11 Å². The maximum atomic E-state index is 12.3. The topological polar surface area (TPSA) is 122 Å². The van der Waals surface area contributed by atoms with Gasteiger partial charge in [-0.25, -0.2) is 13.4 Å². The van der Waals surface area contributed by atoms with Crippen LogP contribution in [0, 0.1) is 17.0 Å². The highest BCUT2D eigenvalue weighted by atomic mass is 32.2. The third kappa shape index (κ3) is 3.08. The minimum atomic E-state index is -4.10.